The fraction of sp³-hybridized carbons (Fsp3) is 0.343. The Morgan fingerprint density at radius 1 is 1.06 bits per heavy atom. The molecule has 0 radical (unpaired) electrons. The number of hydrogen-bond donors (Lipinski definition) is 2. The van der Waals surface area contributed by atoms with Gasteiger partial charge >= 0.3 is 6.36 Å². The standard InChI is InChI=1S/C35H31Cl2F3N4O7/c1-48-31-18(15-43-11-10-19(46)16-43)14-25(36)33(42-31)49-26-9-8-21-20(4-2-5-22(21)26)23-6-3-7-24(28(23)37)32-41-29-30(50-32)27(51-35(38,39)40)17-44(12-13-45)34(29)47/h2-7,14,17,19,26,45-46H,8-13,15-16H2,1H3/t19-,26+/m1/s1. The van der Waals surface area contributed by atoms with Crippen molar-refractivity contribution in [1.29, 1.82) is 0 Å². The molecule has 0 unspecified atom stereocenters. The number of fused-ring (bicyclic) bond motifs is 2. The molecule has 11 nitrogen and oxygen atoms in total. The van der Waals surface area contributed by atoms with Crippen LogP contribution in [0.3, 0.4) is 0 Å². The smallest absolute Gasteiger partial charge is 0.481 e. The molecule has 268 valence electrons. The number of β-amino-alcohol motifs (C(OH)–C–C–N with tert-alkyl or cyclic N) is 1. The second-order valence-electron chi connectivity index (χ2n) is 12.3. The number of pyridine rings is 2. The van der Waals surface area contributed by atoms with Crippen LogP contribution < -0.4 is 19.8 Å². The van der Waals surface area contributed by atoms with Crippen molar-refractivity contribution in [3.8, 4) is 40.1 Å². The minimum atomic E-state index is -5.08. The summed E-state index contributed by atoms with van der Waals surface area (Å²) in [4.78, 5) is 23.9. The van der Waals surface area contributed by atoms with E-state index in [1.165, 1.54) is 7.11 Å². The highest BCUT2D eigenvalue weighted by molar-refractivity contribution is 6.36. The predicted molar refractivity (Wildman–Crippen MR) is 181 cm³/mol. The van der Waals surface area contributed by atoms with E-state index in [1.807, 2.05) is 18.2 Å². The number of aromatic nitrogens is 3. The zero-order valence-corrected chi connectivity index (χ0v) is 28.6. The predicted octanol–water partition coefficient (Wildman–Crippen LogP) is 6.56. The van der Waals surface area contributed by atoms with Crippen molar-refractivity contribution >= 4 is 34.3 Å². The average molecular weight is 748 g/mol. The molecule has 2 N–H and O–H groups in total. The number of likely N-dealkylation sites (tertiary alicyclic amines) is 1. The van der Waals surface area contributed by atoms with Gasteiger partial charge in [-0.05, 0) is 48.1 Å². The van der Waals surface area contributed by atoms with Gasteiger partial charge in [0.1, 0.15) is 11.1 Å². The van der Waals surface area contributed by atoms with Gasteiger partial charge in [0.25, 0.3) is 5.56 Å². The number of ether oxygens (including phenoxy) is 3. The topological polar surface area (TPSA) is 132 Å². The Morgan fingerprint density at radius 2 is 1.82 bits per heavy atom. The third-order valence-corrected chi connectivity index (χ3v) is 9.64. The maximum Gasteiger partial charge on any atom is 0.573 e. The highest BCUT2D eigenvalue weighted by atomic mass is 35.5. The van der Waals surface area contributed by atoms with E-state index in [0.29, 0.717) is 48.8 Å². The van der Waals surface area contributed by atoms with Gasteiger partial charge in [-0.25, -0.2) is 4.98 Å². The molecular weight excluding hydrogens is 716 g/mol. The van der Waals surface area contributed by atoms with Crippen molar-refractivity contribution < 1.29 is 42.0 Å². The van der Waals surface area contributed by atoms with E-state index in [4.69, 9.17) is 37.1 Å². The van der Waals surface area contributed by atoms with E-state index in [0.717, 1.165) is 39.6 Å². The molecule has 5 aromatic rings. The van der Waals surface area contributed by atoms with E-state index < -0.39 is 35.4 Å². The lowest BCUT2D eigenvalue weighted by Crippen LogP contribution is -2.24. The zero-order chi connectivity index (χ0) is 36.0. The van der Waals surface area contributed by atoms with E-state index in [9.17, 15) is 28.2 Å². The normalized spacial score (nSPS) is 17.6. The van der Waals surface area contributed by atoms with Crippen LogP contribution in [0.25, 0.3) is 33.7 Å². The van der Waals surface area contributed by atoms with Gasteiger partial charge in [-0.1, -0.05) is 53.5 Å². The fourth-order valence-corrected chi connectivity index (χ4v) is 7.23. The van der Waals surface area contributed by atoms with E-state index >= 15 is 0 Å². The monoisotopic (exact) mass is 746 g/mol. The minimum absolute atomic E-state index is 0.185. The maximum absolute atomic E-state index is 13.3. The summed E-state index contributed by atoms with van der Waals surface area (Å²) in [6, 6.07) is 12.6. The second kappa shape index (κ2) is 14.0. The Labute approximate surface area is 298 Å². The van der Waals surface area contributed by atoms with Gasteiger partial charge in [-0.3, -0.25) is 9.69 Å². The molecule has 4 heterocycles. The van der Waals surface area contributed by atoms with Crippen molar-refractivity contribution in [2.45, 2.75) is 50.9 Å². The average Bonchev–Trinajstić information content (AvgIpc) is 3.83. The molecule has 2 atom stereocenters. The van der Waals surface area contributed by atoms with Crippen LogP contribution in [0.15, 0.2) is 57.9 Å². The highest BCUT2D eigenvalue weighted by Crippen LogP contribution is 2.45. The summed E-state index contributed by atoms with van der Waals surface area (Å²) >= 11 is 13.6. The van der Waals surface area contributed by atoms with Gasteiger partial charge in [-0.15, -0.1) is 13.2 Å². The van der Waals surface area contributed by atoms with Crippen molar-refractivity contribution in [1.82, 2.24) is 19.4 Å². The largest absolute Gasteiger partial charge is 0.573 e. The number of oxazole rings is 1. The highest BCUT2D eigenvalue weighted by Gasteiger charge is 2.34. The van der Waals surface area contributed by atoms with Gasteiger partial charge < -0.3 is 33.4 Å². The molecule has 16 heteroatoms. The van der Waals surface area contributed by atoms with Crippen LogP contribution in [0.5, 0.6) is 17.5 Å². The Kier molecular flexibility index (Phi) is 9.63. The minimum Gasteiger partial charge on any atom is -0.481 e. The van der Waals surface area contributed by atoms with Crippen LogP contribution in [0, 0.1) is 0 Å². The van der Waals surface area contributed by atoms with Crippen molar-refractivity contribution in [2.24, 2.45) is 0 Å². The third kappa shape index (κ3) is 6.98. The molecule has 3 aromatic heterocycles. The number of alkyl halides is 3. The molecule has 2 aliphatic rings. The molecule has 1 saturated heterocycles. The lowest BCUT2D eigenvalue weighted by atomic mass is 9.95. The third-order valence-electron chi connectivity index (χ3n) is 8.96. The fourth-order valence-electron chi connectivity index (χ4n) is 6.71. The van der Waals surface area contributed by atoms with Gasteiger partial charge in [-0.2, -0.15) is 4.98 Å². The SMILES string of the molecule is COc1nc(O[C@H]2CCc3c(-c4cccc(-c5nc6c(=O)n(CCO)cc(OC(F)(F)F)c6o5)c4Cl)cccc32)c(Cl)cc1CN1CC[C@@H](O)C1. The summed E-state index contributed by atoms with van der Waals surface area (Å²) in [5.41, 5.74) is 2.62. The van der Waals surface area contributed by atoms with E-state index in [1.54, 1.807) is 24.3 Å². The summed E-state index contributed by atoms with van der Waals surface area (Å²) in [7, 11) is 1.53. The first-order chi connectivity index (χ1) is 24.4. The number of halogens is 5. The van der Waals surface area contributed by atoms with Crippen LogP contribution >= 0.6 is 23.2 Å². The lowest BCUT2D eigenvalue weighted by Gasteiger charge is -2.20. The number of aliphatic hydroxyl groups is 2. The summed E-state index contributed by atoms with van der Waals surface area (Å²) in [5, 5.41) is 19.8. The van der Waals surface area contributed by atoms with Gasteiger partial charge in [0.15, 0.2) is 11.3 Å². The molecule has 2 aromatic carbocycles. The van der Waals surface area contributed by atoms with Gasteiger partial charge in [0.2, 0.25) is 23.2 Å². The van der Waals surface area contributed by atoms with Crippen LogP contribution in [-0.2, 0) is 19.5 Å². The summed E-state index contributed by atoms with van der Waals surface area (Å²) < 4.78 is 62.4. The number of methoxy groups -OCH3 is 1. The number of nitrogens with zero attached hydrogens (tertiary/aromatic N) is 4. The number of rotatable bonds is 10. The first kappa shape index (κ1) is 35.1. The molecule has 0 spiro atoms. The molecule has 0 amide bonds. The van der Waals surface area contributed by atoms with Crippen molar-refractivity contribution in [3.63, 3.8) is 0 Å². The molecule has 51 heavy (non-hydrogen) atoms. The van der Waals surface area contributed by atoms with Crippen LogP contribution in [-0.4, -0.2) is 68.9 Å². The molecule has 7 rings (SSSR count). The van der Waals surface area contributed by atoms with Crippen LogP contribution in [0.4, 0.5) is 13.2 Å². The molecular formula is C35H31Cl2F3N4O7. The first-order valence-electron chi connectivity index (χ1n) is 16.1. The maximum atomic E-state index is 13.3. The van der Waals surface area contributed by atoms with Gasteiger partial charge in [0, 0.05) is 37.3 Å². The van der Waals surface area contributed by atoms with E-state index in [2.05, 4.69) is 19.6 Å². The quantitative estimate of drug-likeness (QED) is 0.162. The second-order valence-corrected chi connectivity index (χ2v) is 13.1. The summed E-state index contributed by atoms with van der Waals surface area (Å²) in [5.74, 6) is -0.354. The Bertz CT molecular complexity index is 2170. The Hall–Kier alpha value is -4.34. The number of aliphatic hydroxyl groups excluding tert-OH is 2. The van der Waals surface area contributed by atoms with Crippen LogP contribution in [0.1, 0.15) is 35.6 Å². The van der Waals surface area contributed by atoms with Gasteiger partial charge in [0.05, 0.1) is 36.6 Å². The molecule has 1 aliphatic carbocycles. The molecule has 0 saturated carbocycles. The summed E-state index contributed by atoms with van der Waals surface area (Å²) in [6.07, 6.45) is -3.06. The Balaban J connectivity index is 1.20. The molecule has 1 aliphatic heterocycles. The lowest BCUT2D eigenvalue weighted by molar-refractivity contribution is -0.274. The van der Waals surface area contributed by atoms with Crippen LogP contribution in [0.2, 0.25) is 10.0 Å². The number of hydrogen-bond acceptors (Lipinski definition) is 10. The van der Waals surface area contributed by atoms with Crippen molar-refractivity contribution in [3.05, 3.63) is 85.8 Å². The van der Waals surface area contributed by atoms with Crippen molar-refractivity contribution in [2.75, 3.05) is 26.8 Å². The van der Waals surface area contributed by atoms with E-state index in [-0.39, 0.29) is 41.1 Å². The first-order valence-corrected chi connectivity index (χ1v) is 16.8. The summed E-state index contributed by atoms with van der Waals surface area (Å²) in [6.45, 7) is 1.06. The molecule has 0 bridgehead atoms. The zero-order valence-electron chi connectivity index (χ0n) is 27.0. The Morgan fingerprint density at radius 3 is 2.55 bits per heavy atom. The number of benzene rings is 2. The molecule has 1 fully saturated rings.